The molecule has 0 aliphatic carbocycles. The molecule has 7 nitrogen and oxygen atoms in total. The minimum atomic E-state index is -1.02. The number of hydrogen-bond donors (Lipinski definition) is 3. The summed E-state index contributed by atoms with van der Waals surface area (Å²) in [6.45, 7) is -0.346. The van der Waals surface area contributed by atoms with Gasteiger partial charge in [-0.1, -0.05) is 11.8 Å². The summed E-state index contributed by atoms with van der Waals surface area (Å²) in [7, 11) is 1.49. The van der Waals surface area contributed by atoms with E-state index in [1.807, 2.05) is 6.07 Å². The highest BCUT2D eigenvalue weighted by atomic mass is 32.2. The van der Waals surface area contributed by atoms with Gasteiger partial charge >= 0.3 is 0 Å². The van der Waals surface area contributed by atoms with E-state index < -0.39 is 29.8 Å². The van der Waals surface area contributed by atoms with Gasteiger partial charge in [-0.05, 0) is 12.1 Å². The van der Waals surface area contributed by atoms with Crippen LogP contribution in [0.2, 0.25) is 0 Å². The number of aliphatic hydroxyl groups is 2. The Bertz CT molecular complexity index is 763. The van der Waals surface area contributed by atoms with Crippen molar-refractivity contribution in [3.8, 4) is 6.07 Å². The molecule has 2 heterocycles. The lowest BCUT2D eigenvalue weighted by Crippen LogP contribution is -2.61. The maximum Gasteiger partial charge on any atom is 0.136 e. The van der Waals surface area contributed by atoms with Crippen LogP contribution < -0.4 is 5.73 Å². The van der Waals surface area contributed by atoms with Crippen molar-refractivity contribution in [1.82, 2.24) is 4.98 Å². The fourth-order valence-corrected chi connectivity index (χ4v) is 4.73. The van der Waals surface area contributed by atoms with Crippen LogP contribution >= 0.6 is 23.1 Å². The van der Waals surface area contributed by atoms with Crippen molar-refractivity contribution in [3.63, 3.8) is 0 Å². The Morgan fingerprint density at radius 3 is 3.00 bits per heavy atom. The van der Waals surface area contributed by atoms with Crippen LogP contribution in [0.4, 0.5) is 0 Å². The summed E-state index contributed by atoms with van der Waals surface area (Å²) in [4.78, 5) is 4.93. The second kappa shape index (κ2) is 7.33. The van der Waals surface area contributed by atoms with E-state index in [-0.39, 0.29) is 6.61 Å². The maximum absolute atomic E-state index is 10.1. The van der Waals surface area contributed by atoms with Crippen molar-refractivity contribution in [1.29, 1.82) is 5.26 Å². The number of rotatable bonds is 4. The number of benzene rings is 1. The van der Waals surface area contributed by atoms with Crippen LogP contribution in [0.3, 0.4) is 0 Å². The molecule has 9 heteroatoms. The number of methoxy groups -OCH3 is 1. The van der Waals surface area contributed by atoms with E-state index in [0.29, 0.717) is 5.56 Å². The number of thioether (sulfide) groups is 1. The lowest BCUT2D eigenvalue weighted by Gasteiger charge is -2.42. The van der Waals surface area contributed by atoms with Gasteiger partial charge in [-0.2, -0.15) is 5.26 Å². The Morgan fingerprint density at radius 1 is 1.54 bits per heavy atom. The quantitative estimate of drug-likeness (QED) is 0.721. The third-order valence-corrected chi connectivity index (χ3v) is 5.98. The zero-order valence-corrected chi connectivity index (χ0v) is 14.5. The molecule has 1 aromatic carbocycles. The molecule has 0 bridgehead atoms. The molecule has 5 unspecified atom stereocenters. The third kappa shape index (κ3) is 3.14. The predicted octanol–water partition coefficient (Wildman–Crippen LogP) is 0.680. The molecular formula is C15H17N3O4S2. The Morgan fingerprint density at radius 2 is 2.33 bits per heavy atom. The van der Waals surface area contributed by atoms with Crippen LogP contribution in [0.5, 0.6) is 0 Å². The zero-order valence-electron chi connectivity index (χ0n) is 12.8. The van der Waals surface area contributed by atoms with Crippen molar-refractivity contribution in [3.05, 3.63) is 23.2 Å². The second-order valence-corrected chi connectivity index (χ2v) is 7.42. The molecule has 0 spiro atoms. The summed E-state index contributed by atoms with van der Waals surface area (Å²) in [6, 6.07) is 5.08. The van der Waals surface area contributed by atoms with Gasteiger partial charge in [0.1, 0.15) is 29.8 Å². The van der Waals surface area contributed by atoms with E-state index in [0.717, 1.165) is 15.1 Å². The average molecular weight is 367 g/mol. The van der Waals surface area contributed by atoms with Gasteiger partial charge in [0.2, 0.25) is 0 Å². The molecule has 3 rings (SSSR count). The number of aliphatic hydroxyl groups excluding tert-OH is 2. The predicted molar refractivity (Wildman–Crippen MR) is 90.7 cm³/mol. The lowest BCUT2D eigenvalue weighted by atomic mass is 9.98. The molecule has 1 saturated heterocycles. The van der Waals surface area contributed by atoms with Crippen LogP contribution in [0.15, 0.2) is 22.5 Å². The van der Waals surface area contributed by atoms with Gasteiger partial charge in [0, 0.05) is 12.0 Å². The van der Waals surface area contributed by atoms with Gasteiger partial charge in [-0.25, -0.2) is 4.98 Å². The first-order chi connectivity index (χ1) is 11.6. The van der Waals surface area contributed by atoms with Gasteiger partial charge < -0.3 is 25.4 Å². The fourth-order valence-electron chi connectivity index (χ4n) is 2.66. The Balaban J connectivity index is 1.92. The van der Waals surface area contributed by atoms with Gasteiger partial charge in [-0.15, -0.1) is 11.3 Å². The fraction of sp³-hybridized carbons (Fsp3) is 0.467. The van der Waals surface area contributed by atoms with Gasteiger partial charge in [0.15, 0.2) is 0 Å². The molecule has 2 aromatic rings. The molecule has 24 heavy (non-hydrogen) atoms. The van der Waals surface area contributed by atoms with Crippen LogP contribution in [0.1, 0.15) is 5.56 Å². The van der Waals surface area contributed by atoms with E-state index in [4.69, 9.17) is 15.2 Å². The molecule has 0 saturated carbocycles. The smallest absolute Gasteiger partial charge is 0.136 e. The van der Waals surface area contributed by atoms with Crippen molar-refractivity contribution in [2.24, 2.45) is 5.73 Å². The normalized spacial score (nSPS) is 30.4. The first-order valence-electron chi connectivity index (χ1n) is 7.25. The molecule has 1 aromatic heterocycles. The summed E-state index contributed by atoms with van der Waals surface area (Å²) < 4.78 is 12.1. The van der Waals surface area contributed by atoms with Gasteiger partial charge in [0.25, 0.3) is 0 Å². The minimum absolute atomic E-state index is 0.346. The number of nitrogens with zero attached hydrogens (tertiary/aromatic N) is 2. The highest BCUT2D eigenvalue weighted by Gasteiger charge is 2.44. The maximum atomic E-state index is 10.1. The van der Waals surface area contributed by atoms with E-state index in [2.05, 4.69) is 11.1 Å². The summed E-state index contributed by atoms with van der Waals surface area (Å²) in [5, 5.41) is 28.9. The molecular weight excluding hydrogens is 350 g/mol. The number of fused-ring (bicyclic) bond motifs is 1. The first kappa shape index (κ1) is 17.6. The van der Waals surface area contributed by atoms with E-state index >= 15 is 0 Å². The number of aromatic nitrogens is 1. The Labute approximate surface area is 147 Å². The van der Waals surface area contributed by atoms with E-state index in [1.54, 1.807) is 11.6 Å². The third-order valence-electron chi connectivity index (χ3n) is 3.98. The monoisotopic (exact) mass is 367 g/mol. The van der Waals surface area contributed by atoms with E-state index in [9.17, 15) is 15.5 Å². The van der Waals surface area contributed by atoms with Crippen LogP contribution in [0, 0.1) is 11.3 Å². The zero-order chi connectivity index (χ0) is 17.3. The van der Waals surface area contributed by atoms with Crippen molar-refractivity contribution < 1.29 is 19.7 Å². The highest BCUT2D eigenvalue weighted by Crippen LogP contribution is 2.37. The van der Waals surface area contributed by atoms with Crippen molar-refractivity contribution in [2.75, 3.05) is 13.7 Å². The molecule has 0 radical (unpaired) electrons. The molecule has 0 amide bonds. The molecule has 1 aliphatic rings. The Hall–Kier alpha value is -1.25. The summed E-state index contributed by atoms with van der Waals surface area (Å²) >= 11 is 2.78. The summed E-state index contributed by atoms with van der Waals surface area (Å²) in [5.74, 6) is 0. The number of nitrogens with two attached hydrogens (primary N) is 1. The van der Waals surface area contributed by atoms with Gasteiger partial charge in [-0.3, -0.25) is 0 Å². The molecule has 5 atom stereocenters. The van der Waals surface area contributed by atoms with E-state index in [1.165, 1.54) is 30.2 Å². The highest BCUT2D eigenvalue weighted by molar-refractivity contribution is 8.00. The molecule has 1 fully saturated rings. The topological polar surface area (TPSA) is 122 Å². The summed E-state index contributed by atoms with van der Waals surface area (Å²) in [5.41, 5.74) is 8.46. The molecule has 4 N–H and O–H groups in total. The van der Waals surface area contributed by atoms with Crippen LogP contribution in [0.25, 0.3) is 10.2 Å². The second-order valence-electron chi connectivity index (χ2n) is 5.39. The average Bonchev–Trinajstić information content (AvgIpc) is 3.04. The first-order valence-corrected chi connectivity index (χ1v) is 9.01. The number of hydrogen-bond acceptors (Lipinski definition) is 9. The minimum Gasteiger partial charge on any atom is -0.394 e. The number of ether oxygens (including phenoxy) is 2. The number of nitriles is 1. The van der Waals surface area contributed by atoms with Gasteiger partial charge in [0.05, 0.1) is 33.9 Å². The standard InChI is InChI=1S/C15H17N3O4S2/c1-21-14-12(17)13(20)9(5-19)22-15(14)24-10-3-11-8(18-6-23-11)2-7(10)4-16/h2-3,6,9,12-15,19-20H,5,17H2,1H3. The Kier molecular flexibility index (Phi) is 5.36. The largest absolute Gasteiger partial charge is 0.394 e. The van der Waals surface area contributed by atoms with Crippen LogP contribution in [-0.4, -0.2) is 58.7 Å². The van der Waals surface area contributed by atoms with Crippen molar-refractivity contribution >= 4 is 33.3 Å². The number of thiazole rings is 1. The SMILES string of the molecule is COC1C(Sc2cc3scnc3cc2C#N)OC(CO)C(O)C1N. The van der Waals surface area contributed by atoms with Crippen molar-refractivity contribution in [2.45, 2.75) is 34.7 Å². The summed E-state index contributed by atoms with van der Waals surface area (Å²) in [6.07, 6.45) is -2.38. The molecule has 1 aliphatic heterocycles. The lowest BCUT2D eigenvalue weighted by molar-refractivity contribution is -0.167. The molecule has 128 valence electrons. The van der Waals surface area contributed by atoms with Crippen LogP contribution in [-0.2, 0) is 9.47 Å².